The van der Waals surface area contributed by atoms with Gasteiger partial charge >= 0.3 is 0 Å². The van der Waals surface area contributed by atoms with Gasteiger partial charge in [-0.3, -0.25) is 0 Å². The first kappa shape index (κ1) is 14.3. The maximum absolute atomic E-state index is 11.6. The summed E-state index contributed by atoms with van der Waals surface area (Å²) < 4.78 is 23.2. The molecule has 2 fully saturated rings. The average molecular weight is 273 g/mol. The van der Waals surface area contributed by atoms with Gasteiger partial charge < -0.3 is 5.32 Å². The quantitative estimate of drug-likeness (QED) is 0.773. The molecule has 106 valence electrons. The maximum atomic E-state index is 11.6. The summed E-state index contributed by atoms with van der Waals surface area (Å²) in [6.45, 7) is 5.52. The van der Waals surface area contributed by atoms with Crippen LogP contribution in [0.2, 0.25) is 0 Å². The number of sulfone groups is 1. The first-order valence-electron chi connectivity index (χ1n) is 7.40. The summed E-state index contributed by atoms with van der Waals surface area (Å²) in [6.07, 6.45) is 5.89. The van der Waals surface area contributed by atoms with Crippen molar-refractivity contribution >= 4 is 9.84 Å². The highest BCUT2D eigenvalue weighted by Crippen LogP contribution is 2.30. The molecule has 0 aromatic carbocycles. The first-order chi connectivity index (χ1) is 8.46. The summed E-state index contributed by atoms with van der Waals surface area (Å²) in [5.41, 5.74) is 0. The molecule has 2 unspecified atom stereocenters. The SMILES string of the molecule is CC(C)CCC(CNC1CC1)C1CCS(=O)(=O)C1. The molecule has 4 heteroatoms. The van der Waals surface area contributed by atoms with Crippen LogP contribution in [0.3, 0.4) is 0 Å². The molecular formula is C14H27NO2S. The van der Waals surface area contributed by atoms with Crippen molar-refractivity contribution in [3.63, 3.8) is 0 Å². The highest BCUT2D eigenvalue weighted by Gasteiger charge is 2.34. The molecule has 0 amide bonds. The van der Waals surface area contributed by atoms with E-state index in [0.717, 1.165) is 19.0 Å². The third kappa shape index (κ3) is 4.54. The van der Waals surface area contributed by atoms with E-state index in [9.17, 15) is 8.42 Å². The van der Waals surface area contributed by atoms with E-state index in [1.807, 2.05) is 0 Å². The van der Waals surface area contributed by atoms with Gasteiger partial charge in [-0.05, 0) is 50.0 Å². The van der Waals surface area contributed by atoms with Gasteiger partial charge in [-0.2, -0.15) is 0 Å². The predicted octanol–water partition coefficient (Wildman–Crippen LogP) is 2.23. The van der Waals surface area contributed by atoms with E-state index in [1.54, 1.807) is 0 Å². The summed E-state index contributed by atoms with van der Waals surface area (Å²) in [6, 6.07) is 0.726. The molecule has 2 rings (SSSR count). The Bertz CT molecular complexity index is 354. The molecule has 3 nitrogen and oxygen atoms in total. The van der Waals surface area contributed by atoms with E-state index >= 15 is 0 Å². The van der Waals surface area contributed by atoms with Gasteiger partial charge in [0.25, 0.3) is 0 Å². The molecule has 0 spiro atoms. The van der Waals surface area contributed by atoms with Crippen LogP contribution in [-0.4, -0.2) is 32.5 Å². The number of rotatable bonds is 7. The van der Waals surface area contributed by atoms with Gasteiger partial charge in [0, 0.05) is 6.04 Å². The third-order valence-corrected chi connectivity index (χ3v) is 6.09. The molecular weight excluding hydrogens is 246 g/mol. The zero-order valence-corrected chi connectivity index (χ0v) is 12.5. The van der Waals surface area contributed by atoms with Crippen molar-refractivity contribution < 1.29 is 8.42 Å². The average Bonchev–Trinajstić information content (AvgIpc) is 3.02. The van der Waals surface area contributed by atoms with Gasteiger partial charge in [-0.25, -0.2) is 8.42 Å². The Morgan fingerprint density at radius 2 is 1.89 bits per heavy atom. The van der Waals surface area contributed by atoms with Crippen molar-refractivity contribution in [2.45, 2.75) is 52.0 Å². The summed E-state index contributed by atoms with van der Waals surface area (Å²) in [5, 5.41) is 3.59. The molecule has 0 aromatic heterocycles. The molecule has 0 bridgehead atoms. The summed E-state index contributed by atoms with van der Waals surface area (Å²) in [4.78, 5) is 0. The Hall–Kier alpha value is -0.0900. The van der Waals surface area contributed by atoms with Crippen LogP contribution in [0.15, 0.2) is 0 Å². The van der Waals surface area contributed by atoms with Gasteiger partial charge in [0.05, 0.1) is 11.5 Å². The minimum absolute atomic E-state index is 0.403. The van der Waals surface area contributed by atoms with Gasteiger partial charge in [-0.1, -0.05) is 20.3 Å². The van der Waals surface area contributed by atoms with Crippen LogP contribution in [-0.2, 0) is 9.84 Å². The number of hydrogen-bond acceptors (Lipinski definition) is 3. The highest BCUT2D eigenvalue weighted by molar-refractivity contribution is 7.91. The lowest BCUT2D eigenvalue weighted by molar-refractivity contribution is 0.303. The smallest absolute Gasteiger partial charge is 0.150 e. The summed E-state index contributed by atoms with van der Waals surface area (Å²) in [7, 11) is -2.73. The van der Waals surface area contributed by atoms with Crippen LogP contribution < -0.4 is 5.32 Å². The molecule has 0 aromatic rings. The molecule has 1 heterocycles. The monoisotopic (exact) mass is 273 g/mol. The predicted molar refractivity (Wildman–Crippen MR) is 75.3 cm³/mol. The zero-order valence-electron chi connectivity index (χ0n) is 11.7. The fourth-order valence-electron chi connectivity index (χ4n) is 2.85. The van der Waals surface area contributed by atoms with E-state index in [0.29, 0.717) is 29.3 Å². The largest absolute Gasteiger partial charge is 0.314 e. The van der Waals surface area contributed by atoms with Crippen molar-refractivity contribution in [3.05, 3.63) is 0 Å². The Morgan fingerprint density at radius 1 is 1.17 bits per heavy atom. The van der Waals surface area contributed by atoms with E-state index in [-0.39, 0.29) is 0 Å². The van der Waals surface area contributed by atoms with Crippen molar-refractivity contribution in [1.29, 1.82) is 0 Å². The maximum Gasteiger partial charge on any atom is 0.150 e. The van der Waals surface area contributed by atoms with Crippen molar-refractivity contribution in [2.75, 3.05) is 18.1 Å². The minimum Gasteiger partial charge on any atom is -0.314 e. The molecule has 18 heavy (non-hydrogen) atoms. The standard InChI is InChI=1S/C14H27NO2S/c1-11(2)3-4-12(9-15-14-5-6-14)13-7-8-18(16,17)10-13/h11-15H,3-10H2,1-2H3. The second-order valence-electron chi connectivity index (χ2n) is 6.58. The first-order valence-corrected chi connectivity index (χ1v) is 9.22. The molecule has 2 aliphatic rings. The van der Waals surface area contributed by atoms with Gasteiger partial charge in [0.15, 0.2) is 9.84 Å². The topological polar surface area (TPSA) is 46.2 Å². The van der Waals surface area contributed by atoms with E-state index < -0.39 is 9.84 Å². The summed E-state index contributed by atoms with van der Waals surface area (Å²) >= 11 is 0. The van der Waals surface area contributed by atoms with E-state index in [2.05, 4.69) is 19.2 Å². The van der Waals surface area contributed by atoms with Crippen molar-refractivity contribution in [3.8, 4) is 0 Å². The second kappa shape index (κ2) is 5.91. The third-order valence-electron chi connectivity index (χ3n) is 4.30. The van der Waals surface area contributed by atoms with Crippen LogP contribution >= 0.6 is 0 Å². The molecule has 2 atom stereocenters. The van der Waals surface area contributed by atoms with Crippen LogP contribution in [0.25, 0.3) is 0 Å². The van der Waals surface area contributed by atoms with Crippen molar-refractivity contribution in [1.82, 2.24) is 5.32 Å². The normalized spacial score (nSPS) is 28.7. The molecule has 0 radical (unpaired) electrons. The molecule has 1 N–H and O–H groups in total. The fraction of sp³-hybridized carbons (Fsp3) is 1.00. The molecule has 1 saturated carbocycles. The highest BCUT2D eigenvalue weighted by atomic mass is 32.2. The number of nitrogens with one attached hydrogen (secondary N) is 1. The minimum atomic E-state index is -2.73. The zero-order chi connectivity index (χ0) is 13.2. The fourth-order valence-corrected chi connectivity index (χ4v) is 4.77. The number of hydrogen-bond donors (Lipinski definition) is 1. The molecule has 1 aliphatic heterocycles. The van der Waals surface area contributed by atoms with Crippen LogP contribution in [0, 0.1) is 17.8 Å². The van der Waals surface area contributed by atoms with Gasteiger partial charge in [0.1, 0.15) is 0 Å². The molecule has 1 aliphatic carbocycles. The Morgan fingerprint density at radius 3 is 2.39 bits per heavy atom. The van der Waals surface area contributed by atoms with Gasteiger partial charge in [0.2, 0.25) is 0 Å². The lowest BCUT2D eigenvalue weighted by atomic mass is 9.86. The van der Waals surface area contributed by atoms with E-state index in [4.69, 9.17) is 0 Å². The lowest BCUT2D eigenvalue weighted by Gasteiger charge is -2.24. The van der Waals surface area contributed by atoms with Crippen molar-refractivity contribution in [2.24, 2.45) is 17.8 Å². The van der Waals surface area contributed by atoms with E-state index in [1.165, 1.54) is 25.7 Å². The summed E-state index contributed by atoms with van der Waals surface area (Å²) in [5.74, 6) is 2.53. The Kier molecular flexibility index (Phi) is 4.70. The second-order valence-corrected chi connectivity index (χ2v) is 8.81. The Labute approximate surface area is 112 Å². The van der Waals surface area contributed by atoms with Crippen LogP contribution in [0.4, 0.5) is 0 Å². The van der Waals surface area contributed by atoms with Crippen LogP contribution in [0.1, 0.15) is 46.0 Å². The lowest BCUT2D eigenvalue weighted by Crippen LogP contribution is -2.30. The van der Waals surface area contributed by atoms with Crippen LogP contribution in [0.5, 0.6) is 0 Å². The van der Waals surface area contributed by atoms with Gasteiger partial charge in [-0.15, -0.1) is 0 Å². The Balaban J connectivity index is 1.85. The molecule has 1 saturated heterocycles.